The summed E-state index contributed by atoms with van der Waals surface area (Å²) in [5.74, 6) is -0.0206. The third kappa shape index (κ3) is 5.39. The van der Waals surface area contributed by atoms with Crippen molar-refractivity contribution in [3.63, 3.8) is 0 Å². The third-order valence-corrected chi connectivity index (χ3v) is 7.13. The molecule has 1 amide bonds. The zero-order valence-electron chi connectivity index (χ0n) is 20.4. The van der Waals surface area contributed by atoms with Crippen LogP contribution in [0.5, 0.6) is 5.75 Å². The zero-order chi connectivity index (χ0) is 26.0. The van der Waals surface area contributed by atoms with Gasteiger partial charge in [0.2, 0.25) is 0 Å². The Kier molecular flexibility index (Phi) is 7.02. The maximum absolute atomic E-state index is 13.6. The van der Waals surface area contributed by atoms with Crippen LogP contribution in [0.4, 0.5) is 10.2 Å². The van der Waals surface area contributed by atoms with E-state index in [0.29, 0.717) is 40.9 Å². The molecule has 2 fully saturated rings. The van der Waals surface area contributed by atoms with Crippen molar-refractivity contribution in [1.82, 2.24) is 10.3 Å². The maximum atomic E-state index is 13.6. The van der Waals surface area contributed by atoms with Gasteiger partial charge in [0.15, 0.2) is 0 Å². The van der Waals surface area contributed by atoms with Crippen molar-refractivity contribution < 1.29 is 23.5 Å². The lowest BCUT2D eigenvalue weighted by Crippen LogP contribution is -2.39. The molecular formula is C28H27ClFN3O4. The van der Waals surface area contributed by atoms with Crippen molar-refractivity contribution in [3.8, 4) is 5.75 Å². The lowest BCUT2D eigenvalue weighted by molar-refractivity contribution is 0.0600. The Bertz CT molecular complexity index is 1310. The van der Waals surface area contributed by atoms with E-state index in [9.17, 15) is 14.0 Å². The van der Waals surface area contributed by atoms with Crippen LogP contribution in [0.25, 0.3) is 0 Å². The minimum Gasteiger partial charge on any atom is -0.491 e. The van der Waals surface area contributed by atoms with E-state index < -0.39 is 11.5 Å². The van der Waals surface area contributed by atoms with Crippen LogP contribution in [0.2, 0.25) is 5.02 Å². The quantitative estimate of drug-likeness (QED) is 0.412. The number of amides is 1. The molecule has 1 N–H and O–H groups in total. The minimum atomic E-state index is -0.504. The minimum absolute atomic E-state index is 0.0238. The van der Waals surface area contributed by atoms with Gasteiger partial charge >= 0.3 is 5.97 Å². The molecule has 1 saturated heterocycles. The number of carbonyl (C=O) groups excluding carboxylic acids is 2. The number of hydrogen-bond acceptors (Lipinski definition) is 6. The topological polar surface area (TPSA) is 80.8 Å². The molecule has 5 rings (SSSR count). The van der Waals surface area contributed by atoms with Gasteiger partial charge in [0.1, 0.15) is 24.0 Å². The zero-order valence-corrected chi connectivity index (χ0v) is 21.1. The predicted octanol–water partition coefficient (Wildman–Crippen LogP) is 5.13. The van der Waals surface area contributed by atoms with Gasteiger partial charge in [0, 0.05) is 18.8 Å². The number of benzene rings is 2. The lowest BCUT2D eigenvalue weighted by atomic mass is 10.0. The van der Waals surface area contributed by atoms with Crippen molar-refractivity contribution in [2.24, 2.45) is 0 Å². The molecular weight excluding hydrogens is 497 g/mol. The largest absolute Gasteiger partial charge is 0.491 e. The van der Waals surface area contributed by atoms with Gasteiger partial charge in [-0.25, -0.2) is 14.2 Å². The van der Waals surface area contributed by atoms with Gasteiger partial charge in [-0.1, -0.05) is 29.8 Å². The first-order valence-electron chi connectivity index (χ1n) is 12.2. The first kappa shape index (κ1) is 25.0. The summed E-state index contributed by atoms with van der Waals surface area (Å²) >= 11 is 6.26. The summed E-state index contributed by atoms with van der Waals surface area (Å²) < 4.78 is 24.2. The number of carbonyl (C=O) groups is 2. The van der Waals surface area contributed by atoms with E-state index in [1.165, 1.54) is 25.4 Å². The van der Waals surface area contributed by atoms with Gasteiger partial charge in [-0.3, -0.25) is 4.79 Å². The second kappa shape index (κ2) is 10.4. The highest BCUT2D eigenvalue weighted by molar-refractivity contribution is 6.31. The summed E-state index contributed by atoms with van der Waals surface area (Å²) in [5.41, 5.74) is 1.27. The van der Waals surface area contributed by atoms with Crippen molar-refractivity contribution in [2.75, 3.05) is 25.2 Å². The molecule has 1 aromatic heterocycles. The van der Waals surface area contributed by atoms with Crippen molar-refractivity contribution in [2.45, 2.75) is 37.3 Å². The van der Waals surface area contributed by atoms with Gasteiger partial charge in [0.05, 0.1) is 34.8 Å². The fourth-order valence-corrected chi connectivity index (χ4v) is 4.96. The number of nitrogens with zero attached hydrogens (tertiary/aromatic N) is 2. The normalized spacial score (nSPS) is 17.8. The highest BCUT2D eigenvalue weighted by atomic mass is 35.5. The van der Waals surface area contributed by atoms with E-state index in [2.05, 4.69) is 15.2 Å². The molecule has 9 heteroatoms. The number of aromatic nitrogens is 1. The number of esters is 1. The number of halogens is 2. The molecule has 192 valence electrons. The number of nitrogens with one attached hydrogen (secondary N) is 1. The molecule has 1 atom stereocenters. The van der Waals surface area contributed by atoms with E-state index in [-0.39, 0.29) is 17.8 Å². The van der Waals surface area contributed by atoms with E-state index in [1.807, 2.05) is 12.1 Å². The molecule has 1 aliphatic heterocycles. The Morgan fingerprint density at radius 1 is 1.19 bits per heavy atom. The van der Waals surface area contributed by atoms with Gasteiger partial charge in [-0.2, -0.15) is 0 Å². The number of methoxy groups -OCH3 is 1. The van der Waals surface area contributed by atoms with Crippen molar-refractivity contribution in [3.05, 3.63) is 88.3 Å². The van der Waals surface area contributed by atoms with Crippen LogP contribution in [-0.2, 0) is 10.3 Å². The average Bonchev–Trinajstić information content (AvgIpc) is 3.54. The second-order valence-electron chi connectivity index (χ2n) is 9.39. The molecule has 0 spiro atoms. The van der Waals surface area contributed by atoms with Gasteiger partial charge in [-0.05, 0) is 61.6 Å². The monoisotopic (exact) mass is 523 g/mol. The van der Waals surface area contributed by atoms with Crippen LogP contribution in [0.15, 0.2) is 60.8 Å². The van der Waals surface area contributed by atoms with E-state index in [0.717, 1.165) is 31.2 Å². The molecule has 1 saturated carbocycles. The maximum Gasteiger partial charge on any atom is 0.337 e. The summed E-state index contributed by atoms with van der Waals surface area (Å²) in [6.07, 6.45) is 4.88. The number of rotatable bonds is 8. The number of hydrogen-bond donors (Lipinski definition) is 1. The van der Waals surface area contributed by atoms with Crippen molar-refractivity contribution in [1.29, 1.82) is 0 Å². The first-order chi connectivity index (χ1) is 17.9. The van der Waals surface area contributed by atoms with Crippen LogP contribution in [0.1, 0.15) is 52.0 Å². The Balaban J connectivity index is 1.34. The van der Waals surface area contributed by atoms with E-state index in [4.69, 9.17) is 21.1 Å². The van der Waals surface area contributed by atoms with Crippen LogP contribution in [-0.4, -0.2) is 43.2 Å². The van der Waals surface area contributed by atoms with Crippen LogP contribution in [0, 0.1) is 5.82 Å². The van der Waals surface area contributed by atoms with Crippen LogP contribution >= 0.6 is 11.6 Å². The molecule has 0 bridgehead atoms. The summed E-state index contributed by atoms with van der Waals surface area (Å²) in [6.45, 7) is 1.05. The van der Waals surface area contributed by atoms with E-state index in [1.54, 1.807) is 30.3 Å². The van der Waals surface area contributed by atoms with Crippen LogP contribution < -0.4 is 15.0 Å². The number of anilines is 1. The Labute approximate surface area is 219 Å². The fraction of sp³-hybridized carbons (Fsp3) is 0.321. The molecule has 37 heavy (non-hydrogen) atoms. The summed E-state index contributed by atoms with van der Waals surface area (Å²) in [5, 5.41) is 3.55. The van der Waals surface area contributed by atoms with Gasteiger partial charge in [0.25, 0.3) is 5.91 Å². The Hall–Kier alpha value is -3.65. The number of pyridine rings is 1. The summed E-state index contributed by atoms with van der Waals surface area (Å²) in [6, 6.07) is 14.8. The number of ether oxygens (including phenoxy) is 2. The molecule has 2 aliphatic rings. The third-order valence-electron chi connectivity index (χ3n) is 6.93. The predicted molar refractivity (Wildman–Crippen MR) is 138 cm³/mol. The standard InChI is InChI=1S/C28H27ClFN3O4/c1-36-27(35)18-7-9-19(10-8-18)28(11-12-28)32-26(34)24-14-20(29)16-31-25(24)33-13-3-5-22(33)17-37-23-6-2-4-21(30)15-23/h2,4,6-10,14-16,22H,3,5,11-13,17H2,1H3,(H,32,34). The fourth-order valence-electron chi connectivity index (χ4n) is 4.80. The van der Waals surface area contributed by atoms with Gasteiger partial charge < -0.3 is 19.7 Å². The van der Waals surface area contributed by atoms with E-state index >= 15 is 0 Å². The van der Waals surface area contributed by atoms with Crippen molar-refractivity contribution >= 4 is 29.3 Å². The highest BCUT2D eigenvalue weighted by Gasteiger charge is 2.46. The molecule has 3 aromatic rings. The molecule has 7 nitrogen and oxygen atoms in total. The highest BCUT2D eigenvalue weighted by Crippen LogP contribution is 2.46. The summed E-state index contributed by atoms with van der Waals surface area (Å²) in [4.78, 5) is 31.9. The summed E-state index contributed by atoms with van der Waals surface area (Å²) in [7, 11) is 1.34. The van der Waals surface area contributed by atoms with Crippen LogP contribution in [0.3, 0.4) is 0 Å². The molecule has 2 heterocycles. The average molecular weight is 524 g/mol. The SMILES string of the molecule is COC(=O)c1ccc(C2(NC(=O)c3cc(Cl)cnc3N3CCCC3COc3cccc(F)c3)CC2)cc1. The first-order valence-corrected chi connectivity index (χ1v) is 12.6. The second-order valence-corrected chi connectivity index (χ2v) is 9.82. The molecule has 2 aromatic carbocycles. The lowest BCUT2D eigenvalue weighted by Gasteiger charge is -2.28. The smallest absolute Gasteiger partial charge is 0.337 e. The Morgan fingerprint density at radius 2 is 1.97 bits per heavy atom. The van der Waals surface area contributed by atoms with Gasteiger partial charge in [-0.15, -0.1) is 0 Å². The molecule has 0 radical (unpaired) electrons. The molecule has 1 aliphatic carbocycles. The molecule has 1 unspecified atom stereocenters. The Morgan fingerprint density at radius 3 is 2.68 bits per heavy atom.